The summed E-state index contributed by atoms with van der Waals surface area (Å²) in [5, 5.41) is 10.2. The van der Waals surface area contributed by atoms with E-state index in [2.05, 4.69) is 22.9 Å². The minimum Gasteiger partial charge on any atom is -0.390 e. The molecule has 0 aliphatic carbocycles. The monoisotopic (exact) mass is 277 g/mol. The smallest absolute Gasteiger partial charge is 0.0673 e. The van der Waals surface area contributed by atoms with Crippen LogP contribution in [0.1, 0.15) is 51.3 Å². The van der Waals surface area contributed by atoms with E-state index in [1.807, 2.05) is 25.3 Å². The van der Waals surface area contributed by atoms with Crippen LogP contribution in [0.3, 0.4) is 0 Å². The highest BCUT2D eigenvalue weighted by molar-refractivity contribution is 5.12. The topological polar surface area (TPSA) is 62.4 Å². The van der Waals surface area contributed by atoms with E-state index in [0.717, 1.165) is 44.5 Å². The maximum absolute atomic E-state index is 10.2. The van der Waals surface area contributed by atoms with Gasteiger partial charge in [0.15, 0.2) is 0 Å². The first-order chi connectivity index (χ1) is 9.53. The molecule has 4 nitrogen and oxygen atoms in total. The largest absolute Gasteiger partial charge is 0.390 e. The molecule has 2 rings (SSSR count). The fraction of sp³-hybridized carbons (Fsp3) is 0.688. The van der Waals surface area contributed by atoms with E-state index >= 15 is 0 Å². The minimum absolute atomic E-state index is 0.0768. The third kappa shape index (κ3) is 3.78. The van der Waals surface area contributed by atoms with E-state index in [9.17, 15) is 5.11 Å². The van der Waals surface area contributed by atoms with Gasteiger partial charge in [-0.15, -0.1) is 0 Å². The van der Waals surface area contributed by atoms with Crippen molar-refractivity contribution in [3.05, 3.63) is 30.1 Å². The van der Waals surface area contributed by atoms with Crippen molar-refractivity contribution >= 4 is 0 Å². The number of hydrogen-bond acceptors (Lipinski definition) is 4. The van der Waals surface area contributed by atoms with Gasteiger partial charge in [-0.05, 0) is 51.3 Å². The average Bonchev–Trinajstić information content (AvgIpc) is 2.62. The van der Waals surface area contributed by atoms with Gasteiger partial charge in [-0.1, -0.05) is 13.0 Å². The van der Waals surface area contributed by atoms with Crippen LogP contribution in [-0.2, 0) is 0 Å². The first kappa shape index (κ1) is 15.4. The van der Waals surface area contributed by atoms with Gasteiger partial charge in [0, 0.05) is 18.8 Å². The summed E-state index contributed by atoms with van der Waals surface area (Å²) < 4.78 is 0. The standard InChI is InChI=1S/C16H27N3O/c1-3-13(17)15(14-7-4-5-10-18-14)19-11-6-8-16(2,20)9-12-19/h4-5,7,10,13,15,20H,3,6,8-9,11-12,17H2,1-2H3. The number of nitrogens with zero attached hydrogens (tertiary/aromatic N) is 2. The number of pyridine rings is 1. The Morgan fingerprint density at radius 1 is 1.40 bits per heavy atom. The van der Waals surface area contributed by atoms with Crippen LogP contribution >= 0.6 is 0 Å². The number of aliphatic hydroxyl groups is 1. The summed E-state index contributed by atoms with van der Waals surface area (Å²) in [6.45, 7) is 5.91. The van der Waals surface area contributed by atoms with Crippen molar-refractivity contribution < 1.29 is 5.11 Å². The van der Waals surface area contributed by atoms with Crippen molar-refractivity contribution in [3.63, 3.8) is 0 Å². The van der Waals surface area contributed by atoms with Gasteiger partial charge in [0.25, 0.3) is 0 Å². The molecule has 0 saturated carbocycles. The summed E-state index contributed by atoms with van der Waals surface area (Å²) in [6.07, 6.45) is 5.42. The zero-order valence-electron chi connectivity index (χ0n) is 12.6. The maximum Gasteiger partial charge on any atom is 0.0673 e. The molecule has 0 spiro atoms. The average molecular weight is 277 g/mol. The van der Waals surface area contributed by atoms with Crippen LogP contribution in [0.2, 0.25) is 0 Å². The van der Waals surface area contributed by atoms with Gasteiger partial charge in [0.05, 0.1) is 17.3 Å². The fourth-order valence-corrected chi connectivity index (χ4v) is 3.01. The molecule has 1 fully saturated rings. The summed E-state index contributed by atoms with van der Waals surface area (Å²) in [7, 11) is 0. The Bertz CT molecular complexity index is 407. The van der Waals surface area contributed by atoms with Crippen LogP contribution in [0, 0.1) is 0 Å². The van der Waals surface area contributed by atoms with Gasteiger partial charge in [-0.2, -0.15) is 0 Å². The van der Waals surface area contributed by atoms with Crippen molar-refractivity contribution in [1.82, 2.24) is 9.88 Å². The lowest BCUT2D eigenvalue weighted by Crippen LogP contribution is -2.42. The molecule has 0 aromatic carbocycles. The normalized spacial score (nSPS) is 27.8. The summed E-state index contributed by atoms with van der Waals surface area (Å²) in [5.41, 5.74) is 6.86. The molecule has 3 unspecified atom stereocenters. The van der Waals surface area contributed by atoms with Crippen LogP contribution in [-0.4, -0.2) is 39.7 Å². The highest BCUT2D eigenvalue weighted by Gasteiger charge is 2.31. The number of likely N-dealkylation sites (tertiary alicyclic amines) is 1. The lowest BCUT2D eigenvalue weighted by molar-refractivity contribution is 0.0420. The molecule has 3 atom stereocenters. The summed E-state index contributed by atoms with van der Waals surface area (Å²) in [4.78, 5) is 6.91. The number of rotatable bonds is 4. The number of nitrogens with two attached hydrogens (primary N) is 1. The number of aromatic nitrogens is 1. The lowest BCUT2D eigenvalue weighted by atomic mass is 9.97. The Kier molecular flexibility index (Phi) is 5.13. The van der Waals surface area contributed by atoms with E-state index in [0.29, 0.717) is 0 Å². The van der Waals surface area contributed by atoms with Crippen LogP contribution in [0.5, 0.6) is 0 Å². The second-order valence-electron chi connectivity index (χ2n) is 6.16. The highest BCUT2D eigenvalue weighted by Crippen LogP contribution is 2.29. The Morgan fingerprint density at radius 3 is 2.85 bits per heavy atom. The van der Waals surface area contributed by atoms with Crippen molar-refractivity contribution in [1.29, 1.82) is 0 Å². The SMILES string of the molecule is CCC(N)C(c1ccccn1)N1CCCC(C)(O)CC1. The van der Waals surface area contributed by atoms with Crippen molar-refractivity contribution in [2.45, 2.75) is 57.2 Å². The maximum atomic E-state index is 10.2. The third-order valence-corrected chi connectivity index (χ3v) is 4.36. The van der Waals surface area contributed by atoms with Crippen molar-refractivity contribution in [2.24, 2.45) is 5.73 Å². The second kappa shape index (κ2) is 6.66. The Labute approximate surface area is 122 Å². The van der Waals surface area contributed by atoms with Gasteiger partial charge in [-0.3, -0.25) is 9.88 Å². The zero-order chi connectivity index (χ0) is 14.6. The molecule has 1 aliphatic heterocycles. The molecular formula is C16H27N3O. The highest BCUT2D eigenvalue weighted by atomic mass is 16.3. The predicted octanol–water partition coefficient (Wildman–Crippen LogP) is 2.10. The van der Waals surface area contributed by atoms with E-state index in [1.54, 1.807) is 0 Å². The molecule has 1 aromatic rings. The molecule has 1 aliphatic rings. The number of hydrogen-bond donors (Lipinski definition) is 2. The van der Waals surface area contributed by atoms with E-state index in [1.165, 1.54) is 0 Å². The zero-order valence-corrected chi connectivity index (χ0v) is 12.6. The van der Waals surface area contributed by atoms with Crippen LogP contribution in [0.25, 0.3) is 0 Å². The van der Waals surface area contributed by atoms with E-state index < -0.39 is 5.60 Å². The molecule has 20 heavy (non-hydrogen) atoms. The molecule has 0 radical (unpaired) electrons. The van der Waals surface area contributed by atoms with Gasteiger partial charge in [0.2, 0.25) is 0 Å². The molecule has 0 amide bonds. The van der Waals surface area contributed by atoms with Crippen LogP contribution < -0.4 is 5.73 Å². The van der Waals surface area contributed by atoms with Crippen molar-refractivity contribution in [2.75, 3.05) is 13.1 Å². The molecule has 1 aromatic heterocycles. The van der Waals surface area contributed by atoms with Gasteiger partial charge >= 0.3 is 0 Å². The van der Waals surface area contributed by atoms with Gasteiger partial charge < -0.3 is 10.8 Å². The Hall–Kier alpha value is -0.970. The molecular weight excluding hydrogens is 250 g/mol. The predicted molar refractivity (Wildman–Crippen MR) is 81.3 cm³/mol. The first-order valence-corrected chi connectivity index (χ1v) is 7.66. The quantitative estimate of drug-likeness (QED) is 0.884. The molecule has 4 heteroatoms. The summed E-state index contributed by atoms with van der Waals surface area (Å²) in [5.74, 6) is 0. The van der Waals surface area contributed by atoms with E-state index in [-0.39, 0.29) is 12.1 Å². The second-order valence-corrected chi connectivity index (χ2v) is 6.16. The summed E-state index contributed by atoms with van der Waals surface area (Å²) >= 11 is 0. The molecule has 0 bridgehead atoms. The first-order valence-electron chi connectivity index (χ1n) is 7.66. The molecule has 112 valence electrons. The Morgan fingerprint density at radius 2 is 2.20 bits per heavy atom. The molecule has 1 saturated heterocycles. The van der Waals surface area contributed by atoms with E-state index in [4.69, 9.17) is 5.73 Å². The minimum atomic E-state index is -0.542. The van der Waals surface area contributed by atoms with Crippen LogP contribution in [0.4, 0.5) is 0 Å². The van der Waals surface area contributed by atoms with Gasteiger partial charge in [0.1, 0.15) is 0 Å². The summed E-state index contributed by atoms with van der Waals surface area (Å²) in [6, 6.07) is 6.24. The fourth-order valence-electron chi connectivity index (χ4n) is 3.01. The third-order valence-electron chi connectivity index (χ3n) is 4.36. The Balaban J connectivity index is 2.19. The lowest BCUT2D eigenvalue weighted by Gasteiger charge is -2.34. The van der Waals surface area contributed by atoms with Gasteiger partial charge in [-0.25, -0.2) is 0 Å². The molecule has 3 N–H and O–H groups in total. The van der Waals surface area contributed by atoms with Crippen LogP contribution in [0.15, 0.2) is 24.4 Å². The molecule has 2 heterocycles. The van der Waals surface area contributed by atoms with Crippen molar-refractivity contribution in [3.8, 4) is 0 Å².